The number of rotatable bonds is 41. The van der Waals surface area contributed by atoms with E-state index < -0.39 is 86.7 Å². The molecule has 2 fully saturated rings. The minimum atomic E-state index is -1.71. The largest absolute Gasteiger partial charge is 0.457 e. The Bertz CT molecular complexity index is 1350. The fourth-order valence-electron chi connectivity index (χ4n) is 7.98. The summed E-state index contributed by atoms with van der Waals surface area (Å²) in [5.74, 6) is -0.394. The number of hydrogen-bond donors (Lipinski definition) is 7. The molecule has 2 aliphatic rings. The summed E-state index contributed by atoms with van der Waals surface area (Å²) in [6, 6.07) is 0. The highest BCUT2D eigenvalue weighted by atomic mass is 16.7. The fraction of sp³-hybridized carbons (Fsp3) is 0.796. The predicted molar refractivity (Wildman–Crippen MR) is 266 cm³/mol. The topological polar surface area (TPSA) is 214 Å². The van der Waals surface area contributed by atoms with Crippen LogP contribution in [-0.4, -0.2) is 142 Å². The van der Waals surface area contributed by atoms with Crippen LogP contribution in [0.15, 0.2) is 60.8 Å². The van der Waals surface area contributed by atoms with Gasteiger partial charge in [-0.05, 0) is 77.0 Å². The zero-order chi connectivity index (χ0) is 49.5. The standard InChI is InChI=1S/C54H94O14/c1-3-5-7-9-11-13-15-17-19-21-22-24-26-28-30-32-34-36-38-63-40-43(66-46(56)37-35-33-31-29-27-25-23-20-18-16-14-12-10-8-6-4-2)41-64-53-52(62)50(60)48(58)45(68-53)42-65-54-51(61)49(59)47(57)44(39-55)67-54/h5,7,11,13-14,16-17,19-20,23,43-45,47-55,57-62H,3-4,6,8-10,12,15,18,21-22,24-42H2,1-2H3/b7-5-,13-11-,16-14-,19-17-,23-20-. The molecule has 7 N–H and O–H groups in total. The van der Waals surface area contributed by atoms with Crippen LogP contribution in [0, 0.1) is 0 Å². The molecule has 2 saturated heterocycles. The summed E-state index contributed by atoms with van der Waals surface area (Å²) in [4.78, 5) is 13.0. The summed E-state index contributed by atoms with van der Waals surface area (Å²) in [6.45, 7) is 3.52. The maximum Gasteiger partial charge on any atom is 0.306 e. The van der Waals surface area contributed by atoms with Gasteiger partial charge < -0.3 is 64.2 Å². The lowest BCUT2D eigenvalue weighted by Crippen LogP contribution is -2.61. The first-order chi connectivity index (χ1) is 33.1. The number of unbranched alkanes of at least 4 members (excludes halogenated alkanes) is 17. The molecule has 0 saturated carbocycles. The lowest BCUT2D eigenvalue weighted by molar-refractivity contribution is -0.332. The van der Waals surface area contributed by atoms with E-state index in [-0.39, 0.29) is 19.6 Å². The molecular weight excluding hydrogens is 873 g/mol. The average Bonchev–Trinajstić information content (AvgIpc) is 3.33. The molecule has 11 atom stereocenters. The summed E-state index contributed by atoms with van der Waals surface area (Å²) in [5.41, 5.74) is 0. The molecule has 0 aliphatic carbocycles. The molecule has 2 heterocycles. The van der Waals surface area contributed by atoms with Crippen LogP contribution < -0.4 is 0 Å². The molecule has 394 valence electrons. The van der Waals surface area contributed by atoms with Gasteiger partial charge in [-0.1, -0.05) is 152 Å². The normalized spacial score (nSPS) is 26.4. The van der Waals surface area contributed by atoms with Gasteiger partial charge in [0.1, 0.15) is 54.9 Å². The highest BCUT2D eigenvalue weighted by Gasteiger charge is 2.47. The molecular formula is C54H94O14. The Morgan fingerprint density at radius 3 is 1.50 bits per heavy atom. The summed E-state index contributed by atoms with van der Waals surface area (Å²) >= 11 is 0. The van der Waals surface area contributed by atoms with Crippen LogP contribution >= 0.6 is 0 Å². The zero-order valence-corrected chi connectivity index (χ0v) is 41.8. The number of hydrogen-bond acceptors (Lipinski definition) is 14. The molecule has 14 heteroatoms. The molecule has 0 radical (unpaired) electrons. The molecule has 68 heavy (non-hydrogen) atoms. The predicted octanol–water partition coefficient (Wildman–Crippen LogP) is 8.13. The minimum absolute atomic E-state index is 0.0483. The van der Waals surface area contributed by atoms with Crippen LogP contribution in [-0.2, 0) is 33.2 Å². The molecule has 2 aliphatic heterocycles. The van der Waals surface area contributed by atoms with Gasteiger partial charge in [-0.15, -0.1) is 0 Å². The summed E-state index contributed by atoms with van der Waals surface area (Å²) < 4.78 is 34.3. The van der Waals surface area contributed by atoms with E-state index in [2.05, 4.69) is 74.6 Å². The van der Waals surface area contributed by atoms with E-state index in [1.807, 2.05) is 0 Å². The molecule has 0 aromatic carbocycles. The van der Waals surface area contributed by atoms with Crippen molar-refractivity contribution < 1.29 is 69.0 Å². The van der Waals surface area contributed by atoms with E-state index in [4.69, 9.17) is 28.4 Å². The third-order valence-corrected chi connectivity index (χ3v) is 12.3. The Morgan fingerprint density at radius 1 is 0.500 bits per heavy atom. The quantitative estimate of drug-likeness (QED) is 0.0175. The van der Waals surface area contributed by atoms with Crippen molar-refractivity contribution in [3.05, 3.63) is 60.8 Å². The van der Waals surface area contributed by atoms with Gasteiger partial charge in [0.15, 0.2) is 12.6 Å². The van der Waals surface area contributed by atoms with E-state index in [0.29, 0.717) is 13.0 Å². The Morgan fingerprint density at radius 2 is 0.956 bits per heavy atom. The van der Waals surface area contributed by atoms with Crippen molar-refractivity contribution in [2.45, 2.75) is 242 Å². The number of carbonyl (C=O) groups is 1. The Kier molecular flexibility index (Phi) is 37.6. The van der Waals surface area contributed by atoms with Gasteiger partial charge in [-0.25, -0.2) is 0 Å². The SMILES string of the molecule is CC/C=C\C/C=C\C/C=C\CCCCCCCCCCOCC(COC1OC(COC2OC(CO)C(O)C(O)C2O)C(O)C(O)C1O)OC(=O)CCCCCCC/C=C\C/C=C\CCCCCC. The lowest BCUT2D eigenvalue weighted by atomic mass is 9.98. The molecule has 0 amide bonds. The van der Waals surface area contributed by atoms with Gasteiger partial charge in [0.05, 0.1) is 26.4 Å². The van der Waals surface area contributed by atoms with Crippen molar-refractivity contribution in [2.24, 2.45) is 0 Å². The van der Waals surface area contributed by atoms with Crippen LogP contribution in [0.2, 0.25) is 0 Å². The van der Waals surface area contributed by atoms with E-state index in [1.54, 1.807) is 0 Å². The monoisotopic (exact) mass is 967 g/mol. The van der Waals surface area contributed by atoms with Crippen molar-refractivity contribution in [1.82, 2.24) is 0 Å². The first kappa shape index (κ1) is 61.8. The molecule has 2 rings (SSSR count). The highest BCUT2D eigenvalue weighted by Crippen LogP contribution is 2.26. The average molecular weight is 967 g/mol. The van der Waals surface area contributed by atoms with Crippen molar-refractivity contribution in [2.75, 3.05) is 33.0 Å². The molecule has 0 bridgehead atoms. The van der Waals surface area contributed by atoms with Gasteiger partial charge in [0.2, 0.25) is 0 Å². The van der Waals surface area contributed by atoms with Gasteiger partial charge >= 0.3 is 5.97 Å². The Balaban J connectivity index is 1.77. The molecule has 14 nitrogen and oxygen atoms in total. The second-order valence-electron chi connectivity index (χ2n) is 18.3. The first-order valence-corrected chi connectivity index (χ1v) is 26.4. The number of aliphatic hydroxyl groups excluding tert-OH is 7. The van der Waals surface area contributed by atoms with Crippen molar-refractivity contribution in [3.63, 3.8) is 0 Å². The number of ether oxygens (including phenoxy) is 6. The second-order valence-corrected chi connectivity index (χ2v) is 18.3. The van der Waals surface area contributed by atoms with E-state index in [0.717, 1.165) is 89.9 Å². The number of esters is 1. The van der Waals surface area contributed by atoms with Crippen molar-refractivity contribution >= 4 is 5.97 Å². The highest BCUT2D eigenvalue weighted by molar-refractivity contribution is 5.69. The van der Waals surface area contributed by atoms with Crippen LogP contribution in [0.25, 0.3) is 0 Å². The molecule has 0 spiro atoms. The van der Waals surface area contributed by atoms with Crippen LogP contribution in [0.3, 0.4) is 0 Å². The van der Waals surface area contributed by atoms with E-state index in [9.17, 15) is 40.5 Å². The fourth-order valence-corrected chi connectivity index (χ4v) is 7.98. The third-order valence-electron chi connectivity index (χ3n) is 12.3. The van der Waals surface area contributed by atoms with Gasteiger partial charge in [0.25, 0.3) is 0 Å². The summed E-state index contributed by atoms with van der Waals surface area (Å²) in [6.07, 6.45) is 32.7. The van der Waals surface area contributed by atoms with Crippen LogP contribution in [0.1, 0.15) is 174 Å². The summed E-state index contributed by atoms with van der Waals surface area (Å²) in [7, 11) is 0. The van der Waals surface area contributed by atoms with Crippen LogP contribution in [0.4, 0.5) is 0 Å². The number of carbonyl (C=O) groups excluding carboxylic acids is 1. The number of aliphatic hydroxyl groups is 7. The minimum Gasteiger partial charge on any atom is -0.457 e. The molecule has 0 aromatic rings. The van der Waals surface area contributed by atoms with Gasteiger partial charge in [-0.3, -0.25) is 4.79 Å². The lowest BCUT2D eigenvalue weighted by Gasteiger charge is -2.42. The first-order valence-electron chi connectivity index (χ1n) is 26.4. The third kappa shape index (κ3) is 28.5. The van der Waals surface area contributed by atoms with Gasteiger partial charge in [0, 0.05) is 13.0 Å². The summed E-state index contributed by atoms with van der Waals surface area (Å²) in [5, 5.41) is 72.2. The Hall–Kier alpha value is -2.31. The maximum absolute atomic E-state index is 13.0. The Labute approximate surface area is 409 Å². The smallest absolute Gasteiger partial charge is 0.306 e. The van der Waals surface area contributed by atoms with Crippen molar-refractivity contribution in [3.8, 4) is 0 Å². The van der Waals surface area contributed by atoms with E-state index >= 15 is 0 Å². The molecule has 0 aromatic heterocycles. The van der Waals surface area contributed by atoms with Crippen molar-refractivity contribution in [1.29, 1.82) is 0 Å². The second kappa shape index (κ2) is 41.3. The maximum atomic E-state index is 13.0. The molecule has 11 unspecified atom stereocenters. The van der Waals surface area contributed by atoms with Gasteiger partial charge in [-0.2, -0.15) is 0 Å². The van der Waals surface area contributed by atoms with E-state index in [1.165, 1.54) is 57.8 Å². The van der Waals surface area contributed by atoms with Crippen LogP contribution in [0.5, 0.6) is 0 Å². The number of allylic oxidation sites excluding steroid dienone is 10. The zero-order valence-electron chi connectivity index (χ0n) is 41.8.